The summed E-state index contributed by atoms with van der Waals surface area (Å²) >= 11 is 0. The molecule has 4 rings (SSSR count). The lowest BCUT2D eigenvalue weighted by Crippen LogP contribution is -2.48. The fourth-order valence-electron chi connectivity index (χ4n) is 3.46. The van der Waals surface area contributed by atoms with Gasteiger partial charge in [0.1, 0.15) is 0 Å². The highest BCUT2D eigenvalue weighted by Crippen LogP contribution is 2.28. The van der Waals surface area contributed by atoms with E-state index >= 15 is 0 Å². The molecular weight excluding hydrogens is 320 g/mol. The second kappa shape index (κ2) is 7.85. The molecule has 1 fully saturated rings. The van der Waals surface area contributed by atoms with Crippen LogP contribution in [0.5, 0.6) is 0 Å². The van der Waals surface area contributed by atoms with Crippen LogP contribution in [0.3, 0.4) is 0 Å². The van der Waals surface area contributed by atoms with Crippen LogP contribution in [0.2, 0.25) is 0 Å². The molecule has 0 spiro atoms. The van der Waals surface area contributed by atoms with E-state index < -0.39 is 0 Å². The highest BCUT2D eigenvalue weighted by molar-refractivity contribution is 5.27. The summed E-state index contributed by atoms with van der Waals surface area (Å²) in [4.78, 5) is 13.2. The summed E-state index contributed by atoms with van der Waals surface area (Å²) in [5.74, 6) is 0.719. The van der Waals surface area contributed by atoms with Gasteiger partial charge in [-0.1, -0.05) is 6.07 Å². The lowest BCUT2D eigenvalue weighted by Gasteiger charge is -2.42. The van der Waals surface area contributed by atoms with Crippen LogP contribution < -0.4 is 0 Å². The second-order valence-electron chi connectivity index (χ2n) is 8.70. The van der Waals surface area contributed by atoms with Crippen LogP contribution in [0, 0.1) is 0 Å². The van der Waals surface area contributed by atoms with E-state index in [4.69, 9.17) is 0 Å². The summed E-state index contributed by atoms with van der Waals surface area (Å²) in [6.07, 6.45) is 7.69. The summed E-state index contributed by atoms with van der Waals surface area (Å²) < 4.78 is 0. The Labute approximate surface area is 158 Å². The average molecular weight is 353 g/mol. The Hall–Kier alpha value is -1.78. The lowest BCUT2D eigenvalue weighted by molar-refractivity contribution is 0.110. The van der Waals surface area contributed by atoms with Crippen molar-refractivity contribution >= 4 is 0 Å². The molecule has 4 nitrogen and oxygen atoms in total. The summed E-state index contributed by atoms with van der Waals surface area (Å²) in [5.41, 5.74) is 4.47. The SMILES string of the molecule is CC(C)(C)N1Cc2ccncc2C1.CC(C)N1CC(c2cccnc2)C1. The number of likely N-dealkylation sites (tertiary alicyclic amines) is 1. The molecular formula is C22H32N4. The van der Waals surface area contributed by atoms with Crippen molar-refractivity contribution in [3.05, 3.63) is 59.7 Å². The molecule has 4 heteroatoms. The summed E-state index contributed by atoms with van der Waals surface area (Å²) in [7, 11) is 0. The first-order chi connectivity index (χ1) is 12.3. The molecule has 2 aliphatic heterocycles. The minimum absolute atomic E-state index is 0.263. The van der Waals surface area contributed by atoms with Crippen molar-refractivity contribution in [2.24, 2.45) is 0 Å². The van der Waals surface area contributed by atoms with Crippen molar-refractivity contribution in [3.63, 3.8) is 0 Å². The van der Waals surface area contributed by atoms with Crippen LogP contribution in [0.15, 0.2) is 43.0 Å². The third-order valence-electron chi connectivity index (χ3n) is 5.47. The molecule has 26 heavy (non-hydrogen) atoms. The predicted molar refractivity (Wildman–Crippen MR) is 107 cm³/mol. The van der Waals surface area contributed by atoms with Crippen LogP contribution in [0.1, 0.15) is 57.2 Å². The Morgan fingerprint density at radius 2 is 1.65 bits per heavy atom. The first-order valence-electron chi connectivity index (χ1n) is 9.65. The van der Waals surface area contributed by atoms with Crippen molar-refractivity contribution < 1.29 is 0 Å². The topological polar surface area (TPSA) is 32.3 Å². The van der Waals surface area contributed by atoms with E-state index in [1.807, 2.05) is 30.9 Å². The molecule has 0 bridgehead atoms. The predicted octanol–water partition coefficient (Wildman–Crippen LogP) is 4.08. The van der Waals surface area contributed by atoms with E-state index in [0.29, 0.717) is 6.04 Å². The number of pyridine rings is 2. The number of rotatable bonds is 2. The quantitative estimate of drug-likeness (QED) is 0.815. The van der Waals surface area contributed by atoms with Gasteiger partial charge < -0.3 is 0 Å². The van der Waals surface area contributed by atoms with Gasteiger partial charge in [-0.3, -0.25) is 19.8 Å². The Morgan fingerprint density at radius 1 is 0.962 bits per heavy atom. The molecule has 2 aromatic rings. The Kier molecular flexibility index (Phi) is 5.73. The van der Waals surface area contributed by atoms with E-state index in [-0.39, 0.29) is 5.54 Å². The maximum Gasteiger partial charge on any atom is 0.0316 e. The van der Waals surface area contributed by atoms with Gasteiger partial charge in [0.25, 0.3) is 0 Å². The standard InChI is InChI=1S/2C11H16N2/c1-11(2,3)13-7-9-4-5-12-6-10(9)8-13;1-9(2)13-7-11(8-13)10-4-3-5-12-6-10/h4-6H,7-8H2,1-3H3;3-6,9,11H,7-8H2,1-2H3. The van der Waals surface area contributed by atoms with Gasteiger partial charge in [-0.2, -0.15) is 0 Å². The fourth-order valence-corrected chi connectivity index (χ4v) is 3.46. The third-order valence-corrected chi connectivity index (χ3v) is 5.47. The molecule has 0 saturated carbocycles. The summed E-state index contributed by atoms with van der Waals surface area (Å²) in [6.45, 7) is 15.8. The first kappa shape index (κ1) is 19.0. The number of aromatic nitrogens is 2. The van der Waals surface area contributed by atoms with Gasteiger partial charge in [0.2, 0.25) is 0 Å². The van der Waals surface area contributed by atoms with Crippen molar-refractivity contribution in [3.8, 4) is 0 Å². The highest BCUT2D eigenvalue weighted by atomic mass is 15.2. The number of nitrogens with zero attached hydrogens (tertiary/aromatic N) is 4. The molecule has 0 unspecified atom stereocenters. The van der Waals surface area contributed by atoms with Gasteiger partial charge in [0, 0.05) is 68.5 Å². The smallest absolute Gasteiger partial charge is 0.0316 e. The molecule has 0 N–H and O–H groups in total. The Morgan fingerprint density at radius 3 is 2.23 bits per heavy atom. The Balaban J connectivity index is 0.000000151. The lowest BCUT2D eigenvalue weighted by atomic mass is 9.92. The molecule has 140 valence electrons. The zero-order valence-corrected chi connectivity index (χ0v) is 16.8. The van der Waals surface area contributed by atoms with Gasteiger partial charge in [0.05, 0.1) is 0 Å². The van der Waals surface area contributed by atoms with Gasteiger partial charge >= 0.3 is 0 Å². The molecule has 0 radical (unpaired) electrons. The normalized spacial score (nSPS) is 18.2. The molecule has 0 aromatic carbocycles. The maximum absolute atomic E-state index is 4.15. The highest BCUT2D eigenvalue weighted by Gasteiger charge is 2.29. The summed E-state index contributed by atoms with van der Waals surface area (Å²) in [6, 6.07) is 7.01. The zero-order chi connectivity index (χ0) is 18.7. The zero-order valence-electron chi connectivity index (χ0n) is 16.8. The van der Waals surface area contributed by atoms with Crippen LogP contribution in [0.25, 0.3) is 0 Å². The average Bonchev–Trinajstić information content (AvgIpc) is 2.99. The van der Waals surface area contributed by atoms with E-state index in [2.05, 4.69) is 66.5 Å². The third kappa shape index (κ3) is 4.49. The number of fused-ring (bicyclic) bond motifs is 1. The largest absolute Gasteiger partial charge is 0.300 e. The molecule has 0 amide bonds. The minimum atomic E-state index is 0.263. The van der Waals surface area contributed by atoms with Crippen LogP contribution in [-0.2, 0) is 13.1 Å². The minimum Gasteiger partial charge on any atom is -0.300 e. The molecule has 2 aliphatic rings. The van der Waals surface area contributed by atoms with Crippen molar-refractivity contribution in [2.45, 2.75) is 65.2 Å². The number of hydrogen-bond acceptors (Lipinski definition) is 4. The van der Waals surface area contributed by atoms with Crippen LogP contribution in [-0.4, -0.2) is 44.4 Å². The molecule has 1 saturated heterocycles. The van der Waals surface area contributed by atoms with E-state index in [1.54, 1.807) is 0 Å². The van der Waals surface area contributed by atoms with Crippen molar-refractivity contribution in [2.75, 3.05) is 13.1 Å². The van der Waals surface area contributed by atoms with Crippen LogP contribution in [0.4, 0.5) is 0 Å². The van der Waals surface area contributed by atoms with Gasteiger partial charge in [-0.05, 0) is 63.4 Å². The van der Waals surface area contributed by atoms with E-state index in [1.165, 1.54) is 29.8 Å². The monoisotopic (exact) mass is 352 g/mol. The summed E-state index contributed by atoms with van der Waals surface area (Å²) in [5, 5.41) is 0. The van der Waals surface area contributed by atoms with E-state index in [0.717, 1.165) is 19.0 Å². The number of hydrogen-bond donors (Lipinski definition) is 0. The molecule has 2 aromatic heterocycles. The van der Waals surface area contributed by atoms with Crippen molar-refractivity contribution in [1.82, 2.24) is 19.8 Å². The first-order valence-corrected chi connectivity index (χ1v) is 9.65. The van der Waals surface area contributed by atoms with Gasteiger partial charge in [0.15, 0.2) is 0 Å². The van der Waals surface area contributed by atoms with Crippen molar-refractivity contribution in [1.29, 1.82) is 0 Å². The molecule has 4 heterocycles. The molecule has 0 aliphatic carbocycles. The Bertz CT molecular complexity index is 675. The van der Waals surface area contributed by atoms with Crippen LogP contribution >= 0.6 is 0 Å². The van der Waals surface area contributed by atoms with E-state index in [9.17, 15) is 0 Å². The van der Waals surface area contributed by atoms with Gasteiger partial charge in [-0.25, -0.2) is 0 Å². The second-order valence-corrected chi connectivity index (χ2v) is 8.70. The van der Waals surface area contributed by atoms with Gasteiger partial charge in [-0.15, -0.1) is 0 Å². The maximum atomic E-state index is 4.15. The molecule has 0 atom stereocenters. The fraction of sp³-hybridized carbons (Fsp3) is 0.545.